The van der Waals surface area contributed by atoms with Crippen molar-refractivity contribution in [1.82, 2.24) is 14.9 Å². The first-order valence-corrected chi connectivity index (χ1v) is 9.97. The zero-order valence-electron chi connectivity index (χ0n) is 16.3. The van der Waals surface area contributed by atoms with E-state index in [0.717, 1.165) is 11.3 Å². The Morgan fingerprint density at radius 2 is 2.10 bits per heavy atom. The van der Waals surface area contributed by atoms with Crippen LogP contribution in [-0.2, 0) is 0 Å². The van der Waals surface area contributed by atoms with E-state index in [1.807, 2.05) is 0 Å². The molecule has 0 spiro atoms. The van der Waals surface area contributed by atoms with Gasteiger partial charge < -0.3 is 19.0 Å². The first kappa shape index (κ1) is 19.8. The number of nitrogens with one attached hydrogen (secondary N) is 1. The summed E-state index contributed by atoms with van der Waals surface area (Å²) in [6.45, 7) is 2.11. The van der Waals surface area contributed by atoms with E-state index < -0.39 is 5.82 Å². The van der Waals surface area contributed by atoms with Gasteiger partial charge in [-0.2, -0.15) is 0 Å². The van der Waals surface area contributed by atoms with Gasteiger partial charge in [-0.15, -0.1) is 11.3 Å². The fourth-order valence-corrected chi connectivity index (χ4v) is 4.18. The second-order valence-electron chi connectivity index (χ2n) is 6.63. The Kier molecular flexibility index (Phi) is 5.37. The van der Waals surface area contributed by atoms with Gasteiger partial charge in [0.2, 0.25) is 0 Å². The molecule has 0 saturated heterocycles. The van der Waals surface area contributed by atoms with Crippen LogP contribution in [0.1, 0.15) is 15.2 Å². The molecule has 0 fully saturated rings. The van der Waals surface area contributed by atoms with Crippen LogP contribution in [0.15, 0.2) is 51.9 Å². The number of benzene rings is 1. The van der Waals surface area contributed by atoms with E-state index in [1.54, 1.807) is 38.2 Å². The van der Waals surface area contributed by atoms with Gasteiger partial charge in [0, 0.05) is 7.05 Å². The molecule has 0 bridgehead atoms. The normalized spacial score (nSPS) is 11.0. The molecule has 3 heterocycles. The van der Waals surface area contributed by atoms with Crippen molar-refractivity contribution >= 4 is 27.5 Å². The average Bonchev–Trinajstić information content (AvgIpc) is 3.37. The minimum Gasteiger partial charge on any atom is -0.489 e. The number of carbonyl (C=O) groups excluding carboxylic acids is 1. The number of aromatic nitrogens is 2. The smallest absolute Gasteiger partial charge is 0.264 e. The van der Waals surface area contributed by atoms with Crippen molar-refractivity contribution in [2.75, 3.05) is 20.2 Å². The average molecular weight is 427 g/mol. The van der Waals surface area contributed by atoms with E-state index in [1.165, 1.54) is 23.3 Å². The van der Waals surface area contributed by atoms with E-state index in [4.69, 9.17) is 9.15 Å². The molecule has 0 unspecified atom stereocenters. The van der Waals surface area contributed by atoms with Crippen LogP contribution in [-0.4, -0.2) is 41.0 Å². The molecule has 0 atom stereocenters. The van der Waals surface area contributed by atoms with E-state index >= 15 is 0 Å². The fourth-order valence-electron chi connectivity index (χ4n) is 3.01. The Bertz CT molecular complexity index is 1260. The van der Waals surface area contributed by atoms with Gasteiger partial charge in [-0.3, -0.25) is 9.59 Å². The number of para-hydroxylation sites is 1. The zero-order chi connectivity index (χ0) is 21.3. The van der Waals surface area contributed by atoms with Crippen LogP contribution in [0, 0.1) is 12.7 Å². The maximum absolute atomic E-state index is 13.6. The van der Waals surface area contributed by atoms with E-state index in [-0.39, 0.29) is 30.4 Å². The predicted octanol–water partition coefficient (Wildman–Crippen LogP) is 3.84. The highest BCUT2D eigenvalue weighted by Crippen LogP contribution is 2.29. The molecule has 4 rings (SSSR count). The van der Waals surface area contributed by atoms with Gasteiger partial charge in [0.15, 0.2) is 23.2 Å². The number of hydrogen-bond donors (Lipinski definition) is 1. The van der Waals surface area contributed by atoms with Crippen LogP contribution in [0.5, 0.6) is 5.75 Å². The predicted molar refractivity (Wildman–Crippen MR) is 112 cm³/mol. The number of aryl methyl sites for hydroxylation is 1. The van der Waals surface area contributed by atoms with Crippen molar-refractivity contribution in [3.63, 3.8) is 0 Å². The first-order chi connectivity index (χ1) is 14.5. The molecule has 1 aromatic carbocycles. The van der Waals surface area contributed by atoms with Crippen molar-refractivity contribution in [3.05, 3.63) is 69.3 Å². The lowest BCUT2D eigenvalue weighted by atomic mass is 10.2. The summed E-state index contributed by atoms with van der Waals surface area (Å²) < 4.78 is 24.3. The third-order valence-electron chi connectivity index (χ3n) is 4.62. The number of amides is 1. The molecule has 4 aromatic rings. The number of ether oxygens (including phenoxy) is 1. The molecule has 7 nitrogen and oxygen atoms in total. The molecule has 3 aromatic heterocycles. The Hall–Kier alpha value is -3.46. The summed E-state index contributed by atoms with van der Waals surface area (Å²) in [5.74, 6) is 0.174. The number of nitrogens with zero attached hydrogens (tertiary/aromatic N) is 2. The summed E-state index contributed by atoms with van der Waals surface area (Å²) in [5, 5.41) is 0.384. The second kappa shape index (κ2) is 8.11. The van der Waals surface area contributed by atoms with Crippen LogP contribution in [0.3, 0.4) is 0 Å². The second-order valence-corrected chi connectivity index (χ2v) is 7.63. The molecule has 1 amide bonds. The van der Waals surface area contributed by atoms with Crippen molar-refractivity contribution in [2.24, 2.45) is 0 Å². The summed E-state index contributed by atoms with van der Waals surface area (Å²) in [7, 11) is 1.63. The van der Waals surface area contributed by atoms with Crippen molar-refractivity contribution < 1.29 is 18.3 Å². The standard InChI is InChI=1S/C21H18FN3O4S/c1-12-16-19(26)23-18(15-8-5-10-28-15)24-20(16)30-17(12)21(27)25(2)9-11-29-14-7-4-3-6-13(14)22/h3-8,10H,9,11H2,1-2H3,(H,23,24,26). The first-order valence-electron chi connectivity index (χ1n) is 9.16. The monoisotopic (exact) mass is 427 g/mol. The van der Waals surface area contributed by atoms with Crippen LogP contribution in [0.4, 0.5) is 4.39 Å². The lowest BCUT2D eigenvalue weighted by molar-refractivity contribution is 0.0777. The third-order valence-corrected chi connectivity index (χ3v) is 5.79. The quantitative estimate of drug-likeness (QED) is 0.505. The zero-order valence-corrected chi connectivity index (χ0v) is 17.1. The number of likely N-dealkylation sites (N-methyl/N-ethyl adjacent to an activating group) is 1. The highest BCUT2D eigenvalue weighted by molar-refractivity contribution is 7.20. The molecule has 30 heavy (non-hydrogen) atoms. The van der Waals surface area contributed by atoms with Gasteiger partial charge in [-0.25, -0.2) is 9.37 Å². The van der Waals surface area contributed by atoms with Crippen molar-refractivity contribution in [2.45, 2.75) is 6.92 Å². The Labute approximate surface area is 174 Å². The van der Waals surface area contributed by atoms with Crippen molar-refractivity contribution in [1.29, 1.82) is 0 Å². The Balaban J connectivity index is 1.54. The summed E-state index contributed by atoms with van der Waals surface area (Å²) in [4.78, 5) is 35.0. The van der Waals surface area contributed by atoms with Crippen LogP contribution in [0.25, 0.3) is 21.8 Å². The number of hydrogen-bond acceptors (Lipinski definition) is 6. The number of thiophene rings is 1. The topological polar surface area (TPSA) is 88.4 Å². The minimum absolute atomic E-state index is 0.134. The molecule has 1 N–H and O–H groups in total. The van der Waals surface area contributed by atoms with Gasteiger partial charge in [0.05, 0.1) is 23.1 Å². The van der Waals surface area contributed by atoms with Gasteiger partial charge in [0.25, 0.3) is 11.5 Å². The van der Waals surface area contributed by atoms with Gasteiger partial charge in [-0.05, 0) is 36.8 Å². The summed E-state index contributed by atoms with van der Waals surface area (Å²) in [6.07, 6.45) is 1.49. The number of carbonyl (C=O) groups is 1. The lowest BCUT2D eigenvalue weighted by Gasteiger charge is -2.17. The van der Waals surface area contributed by atoms with Crippen LogP contribution >= 0.6 is 11.3 Å². The van der Waals surface area contributed by atoms with E-state index in [2.05, 4.69) is 9.97 Å². The molecule has 0 radical (unpaired) electrons. The summed E-state index contributed by atoms with van der Waals surface area (Å²) >= 11 is 1.15. The molecule has 0 saturated carbocycles. The molecular weight excluding hydrogens is 409 g/mol. The highest BCUT2D eigenvalue weighted by atomic mass is 32.1. The molecular formula is C21H18FN3O4S. The third kappa shape index (κ3) is 3.71. The van der Waals surface area contributed by atoms with Crippen LogP contribution in [0.2, 0.25) is 0 Å². The van der Waals surface area contributed by atoms with E-state index in [9.17, 15) is 14.0 Å². The molecule has 0 aliphatic carbocycles. The number of H-pyrrole nitrogens is 1. The number of rotatable bonds is 6. The Morgan fingerprint density at radius 1 is 1.30 bits per heavy atom. The number of aromatic amines is 1. The summed E-state index contributed by atoms with van der Waals surface area (Å²) in [6, 6.07) is 9.49. The lowest BCUT2D eigenvalue weighted by Crippen LogP contribution is -2.30. The van der Waals surface area contributed by atoms with Crippen LogP contribution < -0.4 is 10.3 Å². The van der Waals surface area contributed by atoms with Gasteiger partial charge in [0.1, 0.15) is 11.4 Å². The number of fused-ring (bicyclic) bond motifs is 1. The largest absolute Gasteiger partial charge is 0.489 e. The molecule has 154 valence electrons. The molecule has 9 heteroatoms. The van der Waals surface area contributed by atoms with Gasteiger partial charge >= 0.3 is 0 Å². The SMILES string of the molecule is Cc1c(C(=O)N(C)CCOc2ccccc2F)sc2nc(-c3ccco3)[nH]c(=O)c12. The van der Waals surface area contributed by atoms with E-state index in [0.29, 0.717) is 32.2 Å². The maximum Gasteiger partial charge on any atom is 0.264 e. The van der Waals surface area contributed by atoms with Gasteiger partial charge in [-0.1, -0.05) is 12.1 Å². The number of halogens is 1. The molecule has 0 aliphatic rings. The van der Waals surface area contributed by atoms with Crippen molar-refractivity contribution in [3.8, 4) is 17.3 Å². The summed E-state index contributed by atoms with van der Waals surface area (Å²) in [5.41, 5.74) is 0.242. The molecule has 0 aliphatic heterocycles. The highest BCUT2D eigenvalue weighted by Gasteiger charge is 2.22. The maximum atomic E-state index is 13.6. The minimum atomic E-state index is -0.454. The fraction of sp³-hybridized carbons (Fsp3) is 0.190. The Morgan fingerprint density at radius 3 is 2.83 bits per heavy atom. The number of furan rings is 1.